The van der Waals surface area contributed by atoms with Crippen molar-refractivity contribution in [1.29, 1.82) is 0 Å². The van der Waals surface area contributed by atoms with Crippen LogP contribution >= 0.6 is 11.3 Å². The van der Waals surface area contributed by atoms with Crippen LogP contribution in [-0.2, 0) is 21.7 Å². The molecule has 2 N–H and O–H groups in total. The molecule has 7 nitrogen and oxygen atoms in total. The molecule has 136 valence electrons. The number of nitrogens with one attached hydrogen (secondary N) is 2. The first-order chi connectivity index (χ1) is 12.4. The Kier molecular flexibility index (Phi) is 4.94. The molecule has 0 radical (unpaired) electrons. The quantitative estimate of drug-likeness (QED) is 0.757. The molecule has 1 aliphatic heterocycles. The summed E-state index contributed by atoms with van der Waals surface area (Å²) < 4.78 is 5.11. The summed E-state index contributed by atoms with van der Waals surface area (Å²) in [7, 11) is 1.55. The molecule has 2 aromatic rings. The molecular weight excluding hydrogens is 354 g/mol. The first-order valence-electron chi connectivity index (χ1n) is 8.02. The Morgan fingerprint density at radius 2 is 2.00 bits per heavy atom. The SMILES string of the molecule is COc1ccc([C@]2(C)NC(=O)N(CC(=O)NCc3cccs3)C2=O)cc1. The molecule has 1 atom stereocenters. The molecule has 0 bridgehead atoms. The number of imide groups is 1. The summed E-state index contributed by atoms with van der Waals surface area (Å²) in [5, 5.41) is 7.31. The van der Waals surface area contributed by atoms with Gasteiger partial charge in [0.25, 0.3) is 5.91 Å². The summed E-state index contributed by atoms with van der Waals surface area (Å²) in [4.78, 5) is 39.1. The number of ether oxygens (including phenoxy) is 1. The molecule has 1 aromatic carbocycles. The third-order valence-electron chi connectivity index (χ3n) is 4.28. The van der Waals surface area contributed by atoms with Gasteiger partial charge in [-0.15, -0.1) is 11.3 Å². The Balaban J connectivity index is 1.68. The average Bonchev–Trinajstić information content (AvgIpc) is 3.23. The van der Waals surface area contributed by atoms with Crippen molar-refractivity contribution >= 4 is 29.2 Å². The van der Waals surface area contributed by atoms with Crippen LogP contribution in [0.3, 0.4) is 0 Å². The Bertz CT molecular complexity index is 819. The molecule has 3 rings (SSSR count). The topological polar surface area (TPSA) is 87.7 Å². The molecule has 0 saturated carbocycles. The van der Waals surface area contributed by atoms with Crippen LogP contribution in [0, 0.1) is 0 Å². The molecule has 4 amide bonds. The van der Waals surface area contributed by atoms with Crippen molar-refractivity contribution in [3.05, 3.63) is 52.2 Å². The number of urea groups is 1. The zero-order valence-corrected chi connectivity index (χ0v) is 15.3. The van der Waals surface area contributed by atoms with Crippen LogP contribution in [0.2, 0.25) is 0 Å². The van der Waals surface area contributed by atoms with Crippen molar-refractivity contribution in [2.45, 2.75) is 19.0 Å². The smallest absolute Gasteiger partial charge is 0.325 e. The fourth-order valence-electron chi connectivity index (χ4n) is 2.76. The largest absolute Gasteiger partial charge is 0.497 e. The molecule has 1 saturated heterocycles. The number of amides is 4. The number of methoxy groups -OCH3 is 1. The number of nitrogens with zero attached hydrogens (tertiary/aromatic N) is 1. The maximum atomic E-state index is 12.8. The first-order valence-corrected chi connectivity index (χ1v) is 8.90. The predicted molar refractivity (Wildman–Crippen MR) is 96.8 cm³/mol. The average molecular weight is 373 g/mol. The summed E-state index contributed by atoms with van der Waals surface area (Å²) in [6, 6.07) is 10.1. The van der Waals surface area contributed by atoms with Crippen molar-refractivity contribution in [1.82, 2.24) is 15.5 Å². The summed E-state index contributed by atoms with van der Waals surface area (Å²) in [6.07, 6.45) is 0. The molecule has 0 unspecified atom stereocenters. The fourth-order valence-corrected chi connectivity index (χ4v) is 3.40. The van der Waals surface area contributed by atoms with Crippen LogP contribution < -0.4 is 15.4 Å². The van der Waals surface area contributed by atoms with Gasteiger partial charge in [-0.2, -0.15) is 0 Å². The van der Waals surface area contributed by atoms with E-state index < -0.39 is 17.5 Å². The fraction of sp³-hybridized carbons (Fsp3) is 0.278. The van der Waals surface area contributed by atoms with Crippen LogP contribution in [0.25, 0.3) is 0 Å². The molecule has 1 fully saturated rings. The van der Waals surface area contributed by atoms with E-state index in [4.69, 9.17) is 4.74 Å². The van der Waals surface area contributed by atoms with E-state index in [1.165, 1.54) is 11.3 Å². The van der Waals surface area contributed by atoms with Crippen LogP contribution in [0.15, 0.2) is 41.8 Å². The van der Waals surface area contributed by atoms with Crippen LogP contribution in [0.1, 0.15) is 17.4 Å². The van der Waals surface area contributed by atoms with Gasteiger partial charge in [0.05, 0.1) is 13.7 Å². The second kappa shape index (κ2) is 7.17. The summed E-state index contributed by atoms with van der Waals surface area (Å²) in [5.41, 5.74) is -0.588. The van der Waals surface area contributed by atoms with Crippen LogP contribution in [-0.4, -0.2) is 36.4 Å². The maximum absolute atomic E-state index is 12.8. The lowest BCUT2D eigenvalue weighted by Gasteiger charge is -2.22. The lowest BCUT2D eigenvalue weighted by molar-refractivity contribution is -0.134. The molecule has 26 heavy (non-hydrogen) atoms. The number of hydrogen-bond donors (Lipinski definition) is 2. The van der Waals surface area contributed by atoms with E-state index in [1.807, 2.05) is 17.5 Å². The number of thiophene rings is 1. The minimum atomic E-state index is -1.21. The third-order valence-corrected chi connectivity index (χ3v) is 5.16. The van der Waals surface area contributed by atoms with E-state index in [0.29, 0.717) is 17.9 Å². The number of rotatable bonds is 6. The zero-order chi connectivity index (χ0) is 18.7. The van der Waals surface area contributed by atoms with Gasteiger partial charge in [0.2, 0.25) is 5.91 Å². The van der Waals surface area contributed by atoms with E-state index in [-0.39, 0.29) is 12.5 Å². The summed E-state index contributed by atoms with van der Waals surface area (Å²) in [5.74, 6) is -0.196. The van der Waals surface area contributed by atoms with Gasteiger partial charge < -0.3 is 15.4 Å². The van der Waals surface area contributed by atoms with Gasteiger partial charge in [0.15, 0.2) is 0 Å². The molecule has 8 heteroatoms. The van der Waals surface area contributed by atoms with Gasteiger partial charge >= 0.3 is 6.03 Å². The minimum absolute atomic E-state index is 0.318. The standard InChI is InChI=1S/C18H19N3O4S/c1-18(12-5-7-13(25-2)8-6-12)16(23)21(17(24)20-18)11-15(22)19-10-14-4-3-9-26-14/h3-9H,10-11H2,1-2H3,(H,19,22)(H,20,24)/t18-/m0/s1. The van der Waals surface area contributed by atoms with Gasteiger partial charge in [-0.3, -0.25) is 14.5 Å². The van der Waals surface area contributed by atoms with Crippen molar-refractivity contribution in [3.8, 4) is 5.75 Å². The Morgan fingerprint density at radius 1 is 1.27 bits per heavy atom. The number of benzene rings is 1. The van der Waals surface area contributed by atoms with E-state index in [9.17, 15) is 14.4 Å². The molecule has 0 aliphatic carbocycles. The van der Waals surface area contributed by atoms with Crippen LogP contribution in [0.5, 0.6) is 5.75 Å². The number of carbonyl (C=O) groups is 3. The van der Waals surface area contributed by atoms with E-state index in [0.717, 1.165) is 9.78 Å². The highest BCUT2D eigenvalue weighted by Crippen LogP contribution is 2.29. The van der Waals surface area contributed by atoms with Crippen molar-refractivity contribution in [2.75, 3.05) is 13.7 Å². The van der Waals surface area contributed by atoms with Gasteiger partial charge in [0, 0.05) is 4.88 Å². The molecule has 1 aliphatic rings. The molecule has 1 aromatic heterocycles. The van der Waals surface area contributed by atoms with Crippen LogP contribution in [0.4, 0.5) is 4.79 Å². The predicted octanol–water partition coefficient (Wildman–Crippen LogP) is 1.84. The van der Waals surface area contributed by atoms with Crippen molar-refractivity contribution in [3.63, 3.8) is 0 Å². The maximum Gasteiger partial charge on any atom is 0.325 e. The van der Waals surface area contributed by atoms with Gasteiger partial charge in [0.1, 0.15) is 17.8 Å². The van der Waals surface area contributed by atoms with Crippen molar-refractivity contribution in [2.24, 2.45) is 0 Å². The third kappa shape index (κ3) is 3.41. The Morgan fingerprint density at radius 3 is 2.62 bits per heavy atom. The summed E-state index contributed by atoms with van der Waals surface area (Å²) in [6.45, 7) is 1.68. The lowest BCUT2D eigenvalue weighted by Crippen LogP contribution is -2.43. The van der Waals surface area contributed by atoms with Gasteiger partial charge in [-0.05, 0) is 36.1 Å². The zero-order valence-electron chi connectivity index (χ0n) is 14.4. The van der Waals surface area contributed by atoms with E-state index >= 15 is 0 Å². The number of carbonyl (C=O) groups excluding carboxylic acids is 3. The Labute approximate surface area is 155 Å². The molecular formula is C18H19N3O4S. The van der Waals surface area contributed by atoms with Gasteiger partial charge in [-0.25, -0.2) is 4.79 Å². The van der Waals surface area contributed by atoms with E-state index in [1.54, 1.807) is 38.3 Å². The second-order valence-corrected chi connectivity index (χ2v) is 7.06. The highest BCUT2D eigenvalue weighted by atomic mass is 32.1. The Hall–Kier alpha value is -2.87. The molecule has 0 spiro atoms. The highest BCUT2D eigenvalue weighted by molar-refractivity contribution is 7.09. The first kappa shape index (κ1) is 17.9. The minimum Gasteiger partial charge on any atom is -0.497 e. The highest BCUT2D eigenvalue weighted by Gasteiger charge is 2.49. The monoisotopic (exact) mass is 373 g/mol. The molecule has 2 heterocycles. The lowest BCUT2D eigenvalue weighted by atomic mass is 9.92. The summed E-state index contributed by atoms with van der Waals surface area (Å²) >= 11 is 1.52. The second-order valence-electron chi connectivity index (χ2n) is 6.03. The van der Waals surface area contributed by atoms with Crippen molar-refractivity contribution < 1.29 is 19.1 Å². The van der Waals surface area contributed by atoms with E-state index in [2.05, 4.69) is 10.6 Å². The van der Waals surface area contributed by atoms with Gasteiger partial charge in [-0.1, -0.05) is 18.2 Å². The normalized spacial score (nSPS) is 19.4. The number of hydrogen-bond acceptors (Lipinski definition) is 5.